The molecule has 0 N–H and O–H groups in total. The second kappa shape index (κ2) is 8.17. The van der Waals surface area contributed by atoms with Crippen LogP contribution in [0.15, 0.2) is 17.2 Å². The zero-order chi connectivity index (χ0) is 17.7. The quantitative estimate of drug-likeness (QED) is 0.736. The Labute approximate surface area is 141 Å². The lowest BCUT2D eigenvalue weighted by molar-refractivity contribution is -0.0526. The Morgan fingerprint density at radius 3 is 2.12 bits per heavy atom. The van der Waals surface area contributed by atoms with Gasteiger partial charge in [-0.3, -0.25) is 5.01 Å². The maximum atomic E-state index is 12.6. The summed E-state index contributed by atoms with van der Waals surface area (Å²) < 4.78 is 39.9. The molecule has 0 bridgehead atoms. The molecule has 1 aliphatic heterocycles. The van der Waals surface area contributed by atoms with E-state index in [1.54, 1.807) is 18.3 Å². The average molecular weight is 342 g/mol. The molecule has 0 spiro atoms. The fraction of sp³-hybridized carbons (Fsp3) is 0.588. The third-order valence-electron chi connectivity index (χ3n) is 4.18. The molecule has 134 valence electrons. The summed E-state index contributed by atoms with van der Waals surface area (Å²) in [6.45, 7) is 1.34. The number of hydrogen-bond donors (Lipinski definition) is 0. The smallest absolute Gasteiger partial charge is 0.387 e. The number of hydrazone groups is 1. The van der Waals surface area contributed by atoms with Crippen LogP contribution in [0, 0.1) is 0 Å². The van der Waals surface area contributed by atoms with Gasteiger partial charge < -0.3 is 14.2 Å². The van der Waals surface area contributed by atoms with Crippen molar-refractivity contribution in [3.05, 3.63) is 17.7 Å². The summed E-state index contributed by atoms with van der Waals surface area (Å²) in [5.41, 5.74) is 0.690. The summed E-state index contributed by atoms with van der Waals surface area (Å²) >= 11 is 0. The molecule has 1 aromatic carbocycles. The van der Waals surface area contributed by atoms with Crippen molar-refractivity contribution >= 4 is 6.21 Å². The number of hydrogen-bond acceptors (Lipinski definition) is 5. The molecule has 0 amide bonds. The molecule has 1 fully saturated rings. The van der Waals surface area contributed by atoms with Crippen LogP contribution in [0.3, 0.4) is 0 Å². The number of halogens is 2. The van der Waals surface area contributed by atoms with Gasteiger partial charge >= 0.3 is 6.61 Å². The number of benzene rings is 1. The zero-order valence-electron chi connectivity index (χ0n) is 14.5. The van der Waals surface area contributed by atoms with Gasteiger partial charge in [-0.1, -0.05) is 0 Å². The summed E-state index contributed by atoms with van der Waals surface area (Å²) in [4.78, 5) is 0. The Bertz CT molecular complexity index is 546. The zero-order valence-corrected chi connectivity index (χ0v) is 14.5. The highest BCUT2D eigenvalue weighted by molar-refractivity contribution is 5.82. The van der Waals surface area contributed by atoms with Gasteiger partial charge in [0.1, 0.15) is 0 Å². The van der Waals surface area contributed by atoms with E-state index in [-0.39, 0.29) is 17.2 Å². The maximum Gasteiger partial charge on any atom is 0.387 e. The Hall–Kier alpha value is -2.05. The first-order valence-electron chi connectivity index (χ1n) is 7.99. The van der Waals surface area contributed by atoms with Crippen molar-refractivity contribution in [2.75, 3.05) is 14.2 Å². The molecule has 2 atom stereocenters. The van der Waals surface area contributed by atoms with Gasteiger partial charge in [0.2, 0.25) is 5.75 Å². The van der Waals surface area contributed by atoms with E-state index in [4.69, 9.17) is 9.47 Å². The van der Waals surface area contributed by atoms with Crippen LogP contribution in [0.25, 0.3) is 0 Å². The minimum Gasteiger partial charge on any atom is -0.493 e. The first-order chi connectivity index (χ1) is 11.5. The van der Waals surface area contributed by atoms with Crippen LogP contribution in [0.5, 0.6) is 17.2 Å². The lowest BCUT2D eigenvalue weighted by Gasteiger charge is -2.36. The highest BCUT2D eigenvalue weighted by atomic mass is 19.3. The standard InChI is InChI=1S/C17H24F2N2O3/c1-11-6-5-7-12(2)21(11)20-10-13-8-14(22-3)16(24-17(18)19)15(9-13)23-4/h8-12,17H,5-7H2,1-4H3/b20-10-/t11-,12-/m0/s1. The first-order valence-corrected chi connectivity index (χ1v) is 7.99. The van der Waals surface area contributed by atoms with Gasteiger partial charge in [0.15, 0.2) is 11.5 Å². The minimum absolute atomic E-state index is 0.119. The topological polar surface area (TPSA) is 43.3 Å². The average Bonchev–Trinajstić information content (AvgIpc) is 2.54. The summed E-state index contributed by atoms with van der Waals surface area (Å²) in [5.74, 6) is 0.235. The number of methoxy groups -OCH3 is 2. The molecule has 5 nitrogen and oxygen atoms in total. The highest BCUT2D eigenvalue weighted by Crippen LogP contribution is 2.39. The van der Waals surface area contributed by atoms with Gasteiger partial charge in [0, 0.05) is 17.6 Å². The molecular weight excluding hydrogens is 318 g/mol. The third kappa shape index (κ3) is 4.27. The highest BCUT2D eigenvalue weighted by Gasteiger charge is 2.23. The number of alkyl halides is 2. The second-order valence-corrected chi connectivity index (χ2v) is 5.89. The summed E-state index contributed by atoms with van der Waals surface area (Å²) in [5, 5.41) is 6.64. The van der Waals surface area contributed by atoms with E-state index in [0.29, 0.717) is 17.6 Å². The molecule has 1 heterocycles. The summed E-state index contributed by atoms with van der Waals surface area (Å²) in [6.07, 6.45) is 5.11. The molecule has 0 aromatic heterocycles. The van der Waals surface area contributed by atoms with Crippen LogP contribution in [0.4, 0.5) is 8.78 Å². The van der Waals surface area contributed by atoms with Crippen LogP contribution in [-0.4, -0.2) is 44.1 Å². The third-order valence-corrected chi connectivity index (χ3v) is 4.18. The van der Waals surface area contributed by atoms with Crippen molar-refractivity contribution in [1.82, 2.24) is 5.01 Å². The van der Waals surface area contributed by atoms with Gasteiger partial charge in [-0.15, -0.1) is 0 Å². The SMILES string of the molecule is COc1cc(/C=N\N2[C@@H](C)CCC[C@@H]2C)cc(OC)c1OC(F)F. The molecule has 0 unspecified atom stereocenters. The molecule has 24 heavy (non-hydrogen) atoms. The number of piperidine rings is 1. The van der Waals surface area contributed by atoms with Crippen molar-refractivity contribution in [2.24, 2.45) is 5.10 Å². The van der Waals surface area contributed by atoms with Crippen LogP contribution in [0.2, 0.25) is 0 Å². The number of ether oxygens (including phenoxy) is 3. The van der Waals surface area contributed by atoms with Gasteiger partial charge in [-0.2, -0.15) is 13.9 Å². The lowest BCUT2D eigenvalue weighted by atomic mass is 10.00. The normalized spacial score (nSPS) is 21.4. The van der Waals surface area contributed by atoms with E-state index in [9.17, 15) is 8.78 Å². The Kier molecular flexibility index (Phi) is 6.23. The predicted molar refractivity (Wildman–Crippen MR) is 88.4 cm³/mol. The minimum atomic E-state index is -2.96. The van der Waals surface area contributed by atoms with E-state index in [1.807, 2.05) is 0 Å². The molecular formula is C17H24F2N2O3. The van der Waals surface area contributed by atoms with Gasteiger partial charge in [0.05, 0.1) is 20.4 Å². The molecule has 0 radical (unpaired) electrons. The molecule has 2 rings (SSSR count). The fourth-order valence-electron chi connectivity index (χ4n) is 2.95. The molecule has 1 aromatic rings. The lowest BCUT2D eigenvalue weighted by Crippen LogP contribution is -2.39. The van der Waals surface area contributed by atoms with E-state index in [1.165, 1.54) is 20.6 Å². The van der Waals surface area contributed by atoms with Crippen molar-refractivity contribution in [2.45, 2.75) is 51.8 Å². The Morgan fingerprint density at radius 1 is 1.12 bits per heavy atom. The number of nitrogens with zero attached hydrogens (tertiary/aromatic N) is 2. The van der Waals surface area contributed by atoms with E-state index < -0.39 is 6.61 Å². The molecule has 7 heteroatoms. The van der Waals surface area contributed by atoms with Gasteiger partial charge in [-0.25, -0.2) is 0 Å². The van der Waals surface area contributed by atoms with Crippen LogP contribution in [-0.2, 0) is 0 Å². The maximum absolute atomic E-state index is 12.6. The Balaban J connectivity index is 2.28. The number of rotatable bonds is 6. The van der Waals surface area contributed by atoms with Crippen LogP contribution < -0.4 is 14.2 Å². The summed E-state index contributed by atoms with van der Waals surface area (Å²) in [7, 11) is 2.78. The van der Waals surface area contributed by atoms with E-state index in [2.05, 4.69) is 28.7 Å². The van der Waals surface area contributed by atoms with Crippen molar-refractivity contribution in [3.63, 3.8) is 0 Å². The van der Waals surface area contributed by atoms with Crippen LogP contribution in [0.1, 0.15) is 38.7 Å². The Morgan fingerprint density at radius 2 is 1.67 bits per heavy atom. The van der Waals surface area contributed by atoms with Gasteiger partial charge in [-0.05, 0) is 45.2 Å². The van der Waals surface area contributed by atoms with Crippen molar-refractivity contribution < 1.29 is 23.0 Å². The fourth-order valence-corrected chi connectivity index (χ4v) is 2.95. The van der Waals surface area contributed by atoms with Crippen molar-refractivity contribution in [1.29, 1.82) is 0 Å². The van der Waals surface area contributed by atoms with Crippen LogP contribution >= 0.6 is 0 Å². The van der Waals surface area contributed by atoms with E-state index >= 15 is 0 Å². The van der Waals surface area contributed by atoms with E-state index in [0.717, 1.165) is 12.8 Å². The largest absolute Gasteiger partial charge is 0.493 e. The predicted octanol–water partition coefficient (Wildman–Crippen LogP) is 3.90. The monoisotopic (exact) mass is 342 g/mol. The van der Waals surface area contributed by atoms with Crippen molar-refractivity contribution in [3.8, 4) is 17.2 Å². The molecule has 0 aliphatic carbocycles. The molecule has 1 aliphatic rings. The first kappa shape index (κ1) is 18.3. The second-order valence-electron chi connectivity index (χ2n) is 5.89. The summed E-state index contributed by atoms with van der Waals surface area (Å²) in [6, 6.07) is 3.94. The molecule has 0 saturated carbocycles. The van der Waals surface area contributed by atoms with Gasteiger partial charge in [0.25, 0.3) is 0 Å². The molecule has 1 saturated heterocycles.